The SMILES string of the molecule is CCc1cc(-c2ccc(C(C)C)cc2)c2c(c1O)C(=O)[C@@H]1C(O)[C@@]3(O)C(=O)[C@H](C(N)=O)C(O)[C@H](C(C)C)[C@@]3(C)C[C@@]1(C)C2. The highest BCUT2D eigenvalue weighted by Gasteiger charge is 2.76. The molecule has 2 saturated carbocycles. The zero-order chi connectivity index (χ0) is 32.0. The van der Waals surface area contributed by atoms with Crippen LogP contribution in [0, 0.1) is 34.5 Å². The van der Waals surface area contributed by atoms with Crippen molar-refractivity contribution in [2.45, 2.75) is 91.5 Å². The van der Waals surface area contributed by atoms with Gasteiger partial charge in [-0.3, -0.25) is 14.4 Å². The van der Waals surface area contributed by atoms with E-state index in [-0.39, 0.29) is 30.1 Å². The Kier molecular flexibility index (Phi) is 7.47. The van der Waals surface area contributed by atoms with Gasteiger partial charge < -0.3 is 26.2 Å². The standard InChI is InChI=1S/C35H45NO7/c1-8-18-13-21(20-11-9-19(10-12-20)16(2)3)22-14-33(6)15-34(7)25(17(4)5)29(39)24(32(36)42)30(40)35(34,43)31(41)26(33)28(38)23(22)27(18)37/h9-13,16-17,24-26,29,31,37,39,41,43H,8,14-15H2,1-7H3,(H2,36,42)/t24-,25+,26-,29?,31?,33-,34-,35+/m1/s1. The average molecular weight is 592 g/mol. The van der Waals surface area contributed by atoms with Gasteiger partial charge in [-0.25, -0.2) is 0 Å². The maximum Gasteiger partial charge on any atom is 0.230 e. The Morgan fingerprint density at radius 1 is 1.07 bits per heavy atom. The Morgan fingerprint density at radius 3 is 2.19 bits per heavy atom. The van der Waals surface area contributed by atoms with Crippen molar-refractivity contribution in [1.29, 1.82) is 0 Å². The quantitative estimate of drug-likeness (QED) is 0.330. The zero-order valence-corrected chi connectivity index (χ0v) is 26.1. The molecule has 0 heterocycles. The smallest absolute Gasteiger partial charge is 0.230 e. The van der Waals surface area contributed by atoms with Gasteiger partial charge in [0, 0.05) is 5.41 Å². The number of aliphatic hydroxyl groups is 3. The number of rotatable bonds is 5. The molecule has 8 nitrogen and oxygen atoms in total. The largest absolute Gasteiger partial charge is 0.507 e. The predicted molar refractivity (Wildman–Crippen MR) is 162 cm³/mol. The van der Waals surface area contributed by atoms with Crippen molar-refractivity contribution in [3.63, 3.8) is 0 Å². The van der Waals surface area contributed by atoms with Gasteiger partial charge in [-0.1, -0.05) is 72.7 Å². The van der Waals surface area contributed by atoms with Gasteiger partial charge in [-0.05, 0) is 76.3 Å². The fourth-order valence-electron chi connectivity index (χ4n) is 9.23. The number of phenols is 1. The zero-order valence-electron chi connectivity index (χ0n) is 26.1. The number of ketones is 2. The first-order valence-corrected chi connectivity index (χ1v) is 15.4. The van der Waals surface area contributed by atoms with Crippen LogP contribution in [0.15, 0.2) is 30.3 Å². The van der Waals surface area contributed by atoms with E-state index < -0.39 is 63.9 Å². The molecular formula is C35H45NO7. The van der Waals surface area contributed by atoms with Crippen molar-refractivity contribution < 1.29 is 34.8 Å². The molecule has 2 aromatic rings. The summed E-state index contributed by atoms with van der Waals surface area (Å²) in [4.78, 5) is 40.9. The maximum absolute atomic E-state index is 14.5. The molecule has 0 aromatic heterocycles. The van der Waals surface area contributed by atoms with Gasteiger partial charge in [-0.2, -0.15) is 0 Å². The first-order chi connectivity index (χ1) is 20.0. The first kappa shape index (κ1) is 31.4. The van der Waals surface area contributed by atoms with Gasteiger partial charge >= 0.3 is 0 Å². The monoisotopic (exact) mass is 591 g/mol. The molecule has 0 spiro atoms. The van der Waals surface area contributed by atoms with Gasteiger partial charge in [0.15, 0.2) is 17.2 Å². The number of Topliss-reactive ketones (excluding diaryl/α,β-unsaturated/α-hetero) is 2. The van der Waals surface area contributed by atoms with Crippen LogP contribution in [0.5, 0.6) is 5.75 Å². The average Bonchev–Trinajstić information content (AvgIpc) is 2.90. The van der Waals surface area contributed by atoms with Crippen LogP contribution in [-0.2, 0) is 22.4 Å². The van der Waals surface area contributed by atoms with Crippen LogP contribution in [0.3, 0.4) is 0 Å². The molecule has 3 aliphatic rings. The van der Waals surface area contributed by atoms with E-state index in [4.69, 9.17) is 5.73 Å². The van der Waals surface area contributed by atoms with Crippen molar-refractivity contribution in [3.8, 4) is 16.9 Å². The molecule has 0 saturated heterocycles. The summed E-state index contributed by atoms with van der Waals surface area (Å²) < 4.78 is 0. The summed E-state index contributed by atoms with van der Waals surface area (Å²) in [5.41, 5.74) is 4.94. The molecular weight excluding hydrogens is 546 g/mol. The van der Waals surface area contributed by atoms with E-state index in [1.165, 1.54) is 5.56 Å². The third-order valence-corrected chi connectivity index (χ3v) is 11.1. The highest BCUT2D eigenvalue weighted by atomic mass is 16.4. The molecule has 0 radical (unpaired) electrons. The molecule has 0 bridgehead atoms. The number of carbonyl (C=O) groups is 3. The minimum atomic E-state index is -2.52. The number of aryl methyl sites for hydroxylation is 1. The lowest BCUT2D eigenvalue weighted by atomic mass is 9.39. The number of carbonyl (C=O) groups excluding carboxylic acids is 3. The minimum Gasteiger partial charge on any atom is -0.507 e. The van der Waals surface area contributed by atoms with Crippen molar-refractivity contribution >= 4 is 17.5 Å². The van der Waals surface area contributed by atoms with Crippen LogP contribution in [0.2, 0.25) is 0 Å². The van der Waals surface area contributed by atoms with Gasteiger partial charge in [0.25, 0.3) is 0 Å². The van der Waals surface area contributed by atoms with Crippen molar-refractivity contribution in [1.82, 2.24) is 0 Å². The van der Waals surface area contributed by atoms with Crippen molar-refractivity contribution in [2.24, 2.45) is 40.2 Å². The van der Waals surface area contributed by atoms with E-state index in [1.807, 2.05) is 45.9 Å². The number of phenolic OH excluding ortho intramolecular Hbond substituents is 1. The number of primary amides is 1. The Morgan fingerprint density at radius 2 is 1.67 bits per heavy atom. The maximum atomic E-state index is 14.5. The van der Waals surface area contributed by atoms with E-state index >= 15 is 0 Å². The number of aliphatic hydroxyl groups excluding tert-OH is 2. The second kappa shape index (κ2) is 10.2. The highest BCUT2D eigenvalue weighted by Crippen LogP contribution is 2.66. The molecule has 43 heavy (non-hydrogen) atoms. The van der Waals surface area contributed by atoms with Gasteiger partial charge in [0.2, 0.25) is 5.91 Å². The van der Waals surface area contributed by atoms with Crippen molar-refractivity contribution in [3.05, 3.63) is 52.6 Å². The van der Waals surface area contributed by atoms with E-state index in [0.29, 0.717) is 23.5 Å². The molecule has 8 heteroatoms. The van der Waals surface area contributed by atoms with Crippen LogP contribution in [-0.4, -0.2) is 55.7 Å². The summed E-state index contributed by atoms with van der Waals surface area (Å²) in [6.45, 7) is 13.3. The lowest BCUT2D eigenvalue weighted by molar-refractivity contribution is -0.265. The second-order valence-electron chi connectivity index (χ2n) is 14.4. The summed E-state index contributed by atoms with van der Waals surface area (Å²) in [5.74, 6) is -6.55. The molecule has 0 aliphatic heterocycles. The first-order valence-electron chi connectivity index (χ1n) is 15.4. The van der Waals surface area contributed by atoms with E-state index in [1.54, 1.807) is 6.92 Å². The number of nitrogens with two attached hydrogens (primary N) is 1. The van der Waals surface area contributed by atoms with Crippen LogP contribution in [0.25, 0.3) is 11.1 Å². The number of fused-ring (bicyclic) bond motifs is 3. The Balaban J connectivity index is 1.74. The topological polar surface area (TPSA) is 158 Å². The van der Waals surface area contributed by atoms with Crippen molar-refractivity contribution in [2.75, 3.05) is 0 Å². The molecule has 232 valence electrons. The fourth-order valence-corrected chi connectivity index (χ4v) is 9.23. The molecule has 6 N–H and O–H groups in total. The van der Waals surface area contributed by atoms with Crippen LogP contribution < -0.4 is 5.73 Å². The third kappa shape index (κ3) is 4.16. The van der Waals surface area contributed by atoms with E-state index in [0.717, 1.165) is 11.1 Å². The van der Waals surface area contributed by atoms with Crippen LogP contribution >= 0.6 is 0 Å². The van der Waals surface area contributed by atoms with Gasteiger partial charge in [0.1, 0.15) is 17.8 Å². The predicted octanol–water partition coefficient (Wildman–Crippen LogP) is 3.93. The number of benzene rings is 2. The Hall–Kier alpha value is -3.07. The number of amides is 1. The Bertz CT molecular complexity index is 1500. The molecule has 2 fully saturated rings. The molecule has 5 rings (SSSR count). The highest BCUT2D eigenvalue weighted by molar-refractivity contribution is 6.10. The summed E-state index contributed by atoms with van der Waals surface area (Å²) in [6, 6.07) is 10.1. The Labute approximate surface area is 253 Å². The fraction of sp³-hybridized carbons (Fsp3) is 0.571. The minimum absolute atomic E-state index is 0.103. The molecule has 2 aromatic carbocycles. The molecule has 1 amide bonds. The van der Waals surface area contributed by atoms with Gasteiger partial charge in [0.05, 0.1) is 17.6 Å². The van der Waals surface area contributed by atoms with E-state index in [2.05, 4.69) is 26.0 Å². The van der Waals surface area contributed by atoms with Crippen LogP contribution in [0.1, 0.15) is 87.9 Å². The normalized spacial score (nSPS) is 35.5. The lowest BCUT2D eigenvalue weighted by Gasteiger charge is -2.66. The van der Waals surface area contributed by atoms with Crippen LogP contribution in [0.4, 0.5) is 0 Å². The second-order valence-corrected chi connectivity index (χ2v) is 14.4. The van der Waals surface area contributed by atoms with Gasteiger partial charge in [-0.15, -0.1) is 0 Å². The van der Waals surface area contributed by atoms with E-state index in [9.17, 15) is 34.8 Å². The summed E-state index contributed by atoms with van der Waals surface area (Å²) in [6.07, 6.45) is -2.49. The lowest BCUT2D eigenvalue weighted by Crippen LogP contribution is -2.79. The summed E-state index contributed by atoms with van der Waals surface area (Å²) >= 11 is 0. The molecule has 2 unspecified atom stereocenters. The number of hydrogen-bond donors (Lipinski definition) is 5. The number of aromatic hydroxyl groups is 1. The number of hydrogen-bond acceptors (Lipinski definition) is 7. The summed E-state index contributed by atoms with van der Waals surface area (Å²) in [5, 5.41) is 47.1. The molecule has 8 atom stereocenters. The summed E-state index contributed by atoms with van der Waals surface area (Å²) in [7, 11) is 0. The third-order valence-electron chi connectivity index (χ3n) is 11.1. The molecule has 3 aliphatic carbocycles.